The van der Waals surface area contributed by atoms with Crippen LogP contribution in [0.1, 0.15) is 44.2 Å². The summed E-state index contributed by atoms with van der Waals surface area (Å²) in [5.74, 6) is -1.93. The minimum atomic E-state index is -1.39. The molecule has 2 aromatic heterocycles. The number of hydrogen-bond donors (Lipinski definition) is 5. The molecule has 2 amide bonds. The fourth-order valence-electron chi connectivity index (χ4n) is 4.34. The second kappa shape index (κ2) is 12.7. The number of rotatable bonds is 11. The molecule has 1 atom stereocenters. The molecule has 0 spiro atoms. The van der Waals surface area contributed by atoms with Crippen LogP contribution in [-0.2, 0) is 11.2 Å². The summed E-state index contributed by atoms with van der Waals surface area (Å²) in [5.41, 5.74) is 2.11. The summed E-state index contributed by atoms with van der Waals surface area (Å²) < 4.78 is 0. The Hall–Kier alpha value is -5.06. The summed E-state index contributed by atoms with van der Waals surface area (Å²) in [5, 5.41) is 28.9. The van der Waals surface area contributed by atoms with Gasteiger partial charge in [-0.2, -0.15) is 0 Å². The average molecular weight is 543 g/mol. The number of aromatic nitrogens is 3. The second-order valence-electron chi connectivity index (χ2n) is 9.25. The molecule has 0 bridgehead atoms. The van der Waals surface area contributed by atoms with Crippen molar-refractivity contribution in [2.75, 3.05) is 18.4 Å². The number of aromatic hydroxyl groups is 1. The minimum absolute atomic E-state index is 0.165. The predicted octanol–water partition coefficient (Wildman–Crippen LogP) is 3.00. The molecule has 11 heteroatoms. The zero-order chi connectivity index (χ0) is 28.6. The van der Waals surface area contributed by atoms with Gasteiger partial charge in [0.15, 0.2) is 0 Å². The Labute approximate surface area is 230 Å². The lowest BCUT2D eigenvalue weighted by Gasteiger charge is -2.17. The lowest BCUT2D eigenvalue weighted by molar-refractivity contribution is -0.139. The lowest BCUT2D eigenvalue weighted by atomic mass is 10.1. The first-order chi connectivity index (χ1) is 19.2. The maximum Gasteiger partial charge on any atom is 0.328 e. The first-order valence-electron chi connectivity index (χ1n) is 12.8. The summed E-state index contributed by atoms with van der Waals surface area (Å²) in [6.45, 7) is 3.52. The number of nitrogens with one attached hydrogen (secondary N) is 3. The molecule has 0 saturated heterocycles. The molecule has 0 radical (unpaired) electrons. The van der Waals surface area contributed by atoms with E-state index in [1.54, 1.807) is 50.2 Å². The lowest BCUT2D eigenvalue weighted by Crippen LogP contribution is -2.48. The van der Waals surface area contributed by atoms with E-state index in [2.05, 4.69) is 30.9 Å². The van der Waals surface area contributed by atoms with Crippen molar-refractivity contribution in [1.82, 2.24) is 25.6 Å². The second-order valence-corrected chi connectivity index (χ2v) is 9.25. The van der Waals surface area contributed by atoms with Crippen molar-refractivity contribution >= 4 is 34.5 Å². The molecule has 5 N–H and O–H groups in total. The van der Waals surface area contributed by atoms with E-state index < -0.39 is 23.8 Å². The van der Waals surface area contributed by atoms with Crippen LogP contribution in [0.4, 0.5) is 5.95 Å². The Kier molecular flexibility index (Phi) is 8.85. The molecule has 4 aromatic rings. The average Bonchev–Trinajstić information content (AvgIpc) is 2.92. The van der Waals surface area contributed by atoms with Crippen LogP contribution in [0.5, 0.6) is 5.75 Å². The van der Waals surface area contributed by atoms with E-state index in [0.717, 1.165) is 23.8 Å². The Morgan fingerprint density at radius 3 is 2.42 bits per heavy atom. The number of carboxylic acids is 1. The number of benzene rings is 2. The standard InChI is InChI=1S/C29H30N6O5/c1-17-24(18(2)34-29(33-17)31-13-6-8-19-7-5-10-21(36)15-19)26(37)35-23(28(39)40)16-32-27(38)25-22-11-4-3-9-20(22)12-14-30-25/h3-5,7,9-12,14-15,23,36H,6,8,13,16H2,1-2H3,(H,32,38)(H,35,37)(H,39,40)(H,31,33,34). The molecule has 4 rings (SSSR count). The topological polar surface area (TPSA) is 166 Å². The minimum Gasteiger partial charge on any atom is -0.508 e. The smallest absolute Gasteiger partial charge is 0.328 e. The molecule has 11 nitrogen and oxygen atoms in total. The number of phenols is 1. The molecule has 0 aliphatic heterocycles. The maximum absolute atomic E-state index is 13.0. The van der Waals surface area contributed by atoms with E-state index in [1.165, 1.54) is 6.20 Å². The van der Waals surface area contributed by atoms with Crippen molar-refractivity contribution in [1.29, 1.82) is 0 Å². The van der Waals surface area contributed by atoms with Crippen LogP contribution in [0.2, 0.25) is 0 Å². The molecule has 2 heterocycles. The van der Waals surface area contributed by atoms with Gasteiger partial charge in [-0.3, -0.25) is 14.6 Å². The maximum atomic E-state index is 13.0. The Morgan fingerprint density at radius 2 is 1.70 bits per heavy atom. The van der Waals surface area contributed by atoms with Gasteiger partial charge >= 0.3 is 5.97 Å². The van der Waals surface area contributed by atoms with Gasteiger partial charge in [0.05, 0.1) is 17.0 Å². The van der Waals surface area contributed by atoms with Crippen molar-refractivity contribution < 1.29 is 24.6 Å². The van der Waals surface area contributed by atoms with E-state index in [1.807, 2.05) is 18.2 Å². The number of phenolic OH excluding ortho intramolecular Hbond substituents is 1. The molecule has 0 saturated carbocycles. The van der Waals surface area contributed by atoms with E-state index in [-0.39, 0.29) is 23.6 Å². The fraction of sp³-hybridized carbons (Fsp3) is 0.241. The zero-order valence-corrected chi connectivity index (χ0v) is 22.1. The van der Waals surface area contributed by atoms with E-state index in [4.69, 9.17) is 0 Å². The molecule has 0 fully saturated rings. The fourth-order valence-corrected chi connectivity index (χ4v) is 4.34. The number of pyridine rings is 1. The van der Waals surface area contributed by atoms with Crippen LogP contribution in [-0.4, -0.2) is 62.1 Å². The van der Waals surface area contributed by atoms with Crippen molar-refractivity contribution in [2.24, 2.45) is 0 Å². The number of carbonyl (C=O) groups is 3. The van der Waals surface area contributed by atoms with E-state index >= 15 is 0 Å². The summed E-state index contributed by atoms with van der Waals surface area (Å²) in [6, 6.07) is 14.7. The number of aryl methyl sites for hydroxylation is 3. The molecule has 206 valence electrons. The van der Waals surface area contributed by atoms with Gasteiger partial charge < -0.3 is 26.2 Å². The Bertz CT molecular complexity index is 1530. The third kappa shape index (κ3) is 6.87. The van der Waals surface area contributed by atoms with Crippen LogP contribution in [0.25, 0.3) is 10.8 Å². The Balaban J connectivity index is 1.36. The molecular weight excluding hydrogens is 512 g/mol. The van der Waals surface area contributed by atoms with Crippen molar-refractivity contribution in [3.8, 4) is 5.75 Å². The van der Waals surface area contributed by atoms with Crippen LogP contribution in [0, 0.1) is 13.8 Å². The summed E-state index contributed by atoms with van der Waals surface area (Å²) in [4.78, 5) is 50.5. The monoisotopic (exact) mass is 542 g/mol. The quantitative estimate of drug-likeness (QED) is 0.179. The number of fused-ring (bicyclic) bond motifs is 1. The van der Waals surface area contributed by atoms with Gasteiger partial charge in [-0.15, -0.1) is 0 Å². The third-order valence-electron chi connectivity index (χ3n) is 6.29. The number of anilines is 1. The van der Waals surface area contributed by atoms with E-state index in [0.29, 0.717) is 29.3 Å². The predicted molar refractivity (Wildman–Crippen MR) is 149 cm³/mol. The highest BCUT2D eigenvalue weighted by Crippen LogP contribution is 2.17. The molecule has 1 unspecified atom stereocenters. The largest absolute Gasteiger partial charge is 0.508 e. The van der Waals surface area contributed by atoms with Gasteiger partial charge in [0, 0.05) is 24.7 Å². The first-order valence-corrected chi connectivity index (χ1v) is 12.8. The molecule has 40 heavy (non-hydrogen) atoms. The van der Waals surface area contributed by atoms with Gasteiger partial charge in [0.1, 0.15) is 17.5 Å². The summed E-state index contributed by atoms with van der Waals surface area (Å²) in [6.07, 6.45) is 3.03. The highest BCUT2D eigenvalue weighted by atomic mass is 16.4. The van der Waals surface area contributed by atoms with Crippen LogP contribution < -0.4 is 16.0 Å². The number of amides is 2. The summed E-state index contributed by atoms with van der Waals surface area (Å²) in [7, 11) is 0. The number of aliphatic carboxylic acids is 1. The molecule has 0 aliphatic carbocycles. The van der Waals surface area contributed by atoms with Crippen LogP contribution in [0.3, 0.4) is 0 Å². The molecule has 0 aliphatic rings. The SMILES string of the molecule is Cc1nc(NCCCc2cccc(O)c2)nc(C)c1C(=O)NC(CNC(=O)c1nccc2ccccc12)C(=O)O. The zero-order valence-electron chi connectivity index (χ0n) is 22.1. The van der Waals surface area contributed by atoms with Gasteiger partial charge in [0.2, 0.25) is 5.95 Å². The highest BCUT2D eigenvalue weighted by Gasteiger charge is 2.25. The van der Waals surface area contributed by atoms with Crippen LogP contribution in [0.15, 0.2) is 60.8 Å². The Morgan fingerprint density at radius 1 is 0.950 bits per heavy atom. The number of carbonyl (C=O) groups excluding carboxylic acids is 2. The third-order valence-corrected chi connectivity index (χ3v) is 6.29. The highest BCUT2D eigenvalue weighted by molar-refractivity contribution is 6.05. The van der Waals surface area contributed by atoms with Gasteiger partial charge in [0.25, 0.3) is 11.8 Å². The molecular formula is C29H30N6O5. The van der Waals surface area contributed by atoms with Crippen molar-refractivity contribution in [3.63, 3.8) is 0 Å². The van der Waals surface area contributed by atoms with Gasteiger partial charge in [-0.25, -0.2) is 14.8 Å². The molecule has 2 aromatic carbocycles. The first kappa shape index (κ1) is 28.0. The number of nitrogens with zero attached hydrogens (tertiary/aromatic N) is 3. The van der Waals surface area contributed by atoms with Crippen molar-refractivity contribution in [2.45, 2.75) is 32.7 Å². The van der Waals surface area contributed by atoms with Crippen molar-refractivity contribution in [3.05, 3.63) is 89.0 Å². The number of carboxylic acid groups (broad SMARTS) is 1. The normalized spacial score (nSPS) is 11.6. The van der Waals surface area contributed by atoms with E-state index in [9.17, 15) is 24.6 Å². The number of hydrogen-bond acceptors (Lipinski definition) is 8. The van der Waals surface area contributed by atoms with Crippen LogP contribution >= 0.6 is 0 Å². The summed E-state index contributed by atoms with van der Waals surface area (Å²) >= 11 is 0. The van der Waals surface area contributed by atoms with Gasteiger partial charge in [-0.1, -0.05) is 36.4 Å². The van der Waals surface area contributed by atoms with Gasteiger partial charge in [-0.05, 0) is 55.8 Å².